The Morgan fingerprint density at radius 3 is 2.65 bits per heavy atom. The number of hydrogen-bond donors (Lipinski definition) is 2. The van der Waals surface area contributed by atoms with Gasteiger partial charge >= 0.3 is 17.8 Å². The average molecular weight is 356 g/mol. The Morgan fingerprint density at radius 1 is 1.27 bits per heavy atom. The summed E-state index contributed by atoms with van der Waals surface area (Å²) < 4.78 is 1.28. The first-order valence-corrected chi connectivity index (χ1v) is 8.27. The zero-order chi connectivity index (χ0) is 19.0. The van der Waals surface area contributed by atoms with Gasteiger partial charge in [-0.15, -0.1) is 0 Å². The van der Waals surface area contributed by atoms with Crippen LogP contribution in [-0.2, 0) is 27.3 Å². The largest absolute Gasteiger partial charge is 0.480 e. The van der Waals surface area contributed by atoms with E-state index in [0.29, 0.717) is 23.5 Å². The monoisotopic (exact) mass is 356 g/mol. The lowest BCUT2D eigenvalue weighted by Gasteiger charge is -2.22. The number of nitrogens with one attached hydrogen (secondary N) is 1. The molecule has 8 nitrogen and oxygen atoms in total. The number of aromatic nitrogens is 2. The third-order valence-electron chi connectivity index (χ3n) is 4.53. The molecular weight excluding hydrogens is 336 g/mol. The molecule has 26 heavy (non-hydrogen) atoms. The number of carboxylic acids is 1. The summed E-state index contributed by atoms with van der Waals surface area (Å²) in [5, 5.41) is 15.6. The van der Waals surface area contributed by atoms with E-state index in [0.717, 1.165) is 11.3 Å². The second-order valence-electron chi connectivity index (χ2n) is 6.41. The van der Waals surface area contributed by atoms with Crippen LogP contribution < -0.4 is 10.2 Å². The normalized spacial score (nSPS) is 15.7. The second-order valence-corrected chi connectivity index (χ2v) is 6.41. The average Bonchev–Trinajstić information content (AvgIpc) is 3.04. The van der Waals surface area contributed by atoms with Crippen LogP contribution in [0.4, 0.5) is 11.4 Å². The highest BCUT2D eigenvalue weighted by Crippen LogP contribution is 2.32. The molecule has 0 saturated carbocycles. The third-order valence-corrected chi connectivity index (χ3v) is 4.53. The van der Waals surface area contributed by atoms with Crippen LogP contribution in [0.15, 0.2) is 24.3 Å². The Kier molecular flexibility index (Phi) is 4.50. The van der Waals surface area contributed by atoms with Gasteiger partial charge < -0.3 is 15.3 Å². The van der Waals surface area contributed by atoms with E-state index in [9.17, 15) is 14.4 Å². The lowest BCUT2D eigenvalue weighted by Crippen LogP contribution is -2.43. The maximum atomic E-state index is 12.7. The summed E-state index contributed by atoms with van der Waals surface area (Å²) in [6, 6.07) is 7.40. The van der Waals surface area contributed by atoms with Gasteiger partial charge in [-0.1, -0.05) is 18.2 Å². The predicted octanol–water partition coefficient (Wildman–Crippen LogP) is 1.50. The summed E-state index contributed by atoms with van der Waals surface area (Å²) in [7, 11) is 0. The minimum absolute atomic E-state index is 0.109. The van der Waals surface area contributed by atoms with E-state index in [4.69, 9.17) is 5.11 Å². The number of nitrogens with zero attached hydrogens (tertiary/aromatic N) is 3. The van der Waals surface area contributed by atoms with Crippen molar-refractivity contribution in [3.8, 4) is 0 Å². The summed E-state index contributed by atoms with van der Waals surface area (Å²) >= 11 is 0. The van der Waals surface area contributed by atoms with Gasteiger partial charge in [0.1, 0.15) is 6.54 Å². The molecule has 1 atom stereocenters. The van der Waals surface area contributed by atoms with Gasteiger partial charge in [-0.2, -0.15) is 5.10 Å². The molecule has 2 aromatic rings. The van der Waals surface area contributed by atoms with Crippen molar-refractivity contribution >= 4 is 29.2 Å². The molecule has 0 fully saturated rings. The number of amides is 2. The smallest absolute Gasteiger partial charge is 0.325 e. The quantitative estimate of drug-likeness (QED) is 0.811. The molecule has 2 N–H and O–H groups in total. The van der Waals surface area contributed by atoms with Crippen LogP contribution in [0.2, 0.25) is 0 Å². The SMILES string of the molecule is Cc1nn(CC(=O)O)c(C)c1NC(=O)C(=O)N1c2ccccc2CC1C. The van der Waals surface area contributed by atoms with Crippen LogP contribution in [0.1, 0.15) is 23.9 Å². The van der Waals surface area contributed by atoms with Crippen molar-refractivity contribution < 1.29 is 19.5 Å². The molecule has 1 aliphatic heterocycles. The molecule has 2 amide bonds. The van der Waals surface area contributed by atoms with Gasteiger partial charge in [0.05, 0.1) is 17.1 Å². The van der Waals surface area contributed by atoms with Crippen molar-refractivity contribution in [1.82, 2.24) is 9.78 Å². The van der Waals surface area contributed by atoms with E-state index in [1.165, 1.54) is 9.58 Å². The van der Waals surface area contributed by atoms with E-state index in [2.05, 4.69) is 10.4 Å². The van der Waals surface area contributed by atoms with E-state index in [1.807, 2.05) is 31.2 Å². The number of para-hydroxylation sites is 1. The number of aliphatic carboxylic acids is 1. The summed E-state index contributed by atoms with van der Waals surface area (Å²) in [6.07, 6.45) is 0.698. The third kappa shape index (κ3) is 3.05. The number of carbonyl (C=O) groups excluding carboxylic acids is 2. The second kappa shape index (κ2) is 6.62. The zero-order valence-corrected chi connectivity index (χ0v) is 14.8. The highest BCUT2D eigenvalue weighted by molar-refractivity contribution is 6.44. The highest BCUT2D eigenvalue weighted by atomic mass is 16.4. The lowest BCUT2D eigenvalue weighted by atomic mass is 10.1. The van der Waals surface area contributed by atoms with Crippen molar-refractivity contribution in [3.63, 3.8) is 0 Å². The number of anilines is 2. The number of hydrogen-bond acceptors (Lipinski definition) is 4. The molecular formula is C18H20N4O4. The van der Waals surface area contributed by atoms with Crippen LogP contribution in [0.5, 0.6) is 0 Å². The first-order chi connectivity index (χ1) is 12.3. The number of rotatable bonds is 3. The summed E-state index contributed by atoms with van der Waals surface area (Å²) in [4.78, 5) is 37.6. The molecule has 0 bridgehead atoms. The zero-order valence-electron chi connectivity index (χ0n) is 14.8. The summed E-state index contributed by atoms with van der Waals surface area (Å²) in [5.41, 5.74) is 3.09. The molecule has 1 unspecified atom stereocenters. The highest BCUT2D eigenvalue weighted by Gasteiger charge is 2.34. The topological polar surface area (TPSA) is 105 Å². The molecule has 3 rings (SSSR count). The van der Waals surface area contributed by atoms with Crippen molar-refractivity contribution in [3.05, 3.63) is 41.2 Å². The summed E-state index contributed by atoms with van der Waals surface area (Å²) in [5.74, 6) is -2.45. The molecule has 0 saturated heterocycles. The molecule has 1 aromatic carbocycles. The predicted molar refractivity (Wildman–Crippen MR) is 95.1 cm³/mol. The van der Waals surface area contributed by atoms with Crippen LogP contribution in [0.25, 0.3) is 0 Å². The molecule has 1 aliphatic rings. The van der Waals surface area contributed by atoms with Gasteiger partial charge in [0.15, 0.2) is 0 Å². The van der Waals surface area contributed by atoms with E-state index < -0.39 is 17.8 Å². The Balaban J connectivity index is 1.82. The minimum atomic E-state index is -1.04. The Bertz CT molecular complexity index is 903. The Labute approximate surface area is 150 Å². The van der Waals surface area contributed by atoms with Crippen LogP contribution >= 0.6 is 0 Å². The van der Waals surface area contributed by atoms with Gasteiger partial charge in [0, 0.05) is 11.7 Å². The lowest BCUT2D eigenvalue weighted by molar-refractivity contribution is -0.137. The Morgan fingerprint density at radius 2 is 1.96 bits per heavy atom. The van der Waals surface area contributed by atoms with E-state index in [1.54, 1.807) is 13.8 Å². The number of aryl methyl sites for hydroxylation is 1. The molecule has 0 radical (unpaired) electrons. The van der Waals surface area contributed by atoms with Crippen LogP contribution in [0, 0.1) is 13.8 Å². The van der Waals surface area contributed by atoms with Gasteiger partial charge in [0.25, 0.3) is 0 Å². The molecule has 0 aliphatic carbocycles. The van der Waals surface area contributed by atoms with E-state index in [-0.39, 0.29) is 12.6 Å². The van der Waals surface area contributed by atoms with Gasteiger partial charge in [-0.05, 0) is 38.8 Å². The first kappa shape index (κ1) is 17.7. The van der Waals surface area contributed by atoms with Gasteiger partial charge in [-0.3, -0.25) is 19.1 Å². The van der Waals surface area contributed by atoms with Crippen LogP contribution in [0.3, 0.4) is 0 Å². The maximum absolute atomic E-state index is 12.7. The molecule has 1 aromatic heterocycles. The van der Waals surface area contributed by atoms with Crippen molar-refractivity contribution in [2.24, 2.45) is 0 Å². The maximum Gasteiger partial charge on any atom is 0.325 e. The van der Waals surface area contributed by atoms with Gasteiger partial charge in [-0.25, -0.2) is 0 Å². The molecule has 8 heteroatoms. The fourth-order valence-electron chi connectivity index (χ4n) is 3.31. The molecule has 0 spiro atoms. The molecule has 136 valence electrons. The standard InChI is InChI=1S/C18H20N4O4/c1-10-8-13-6-4-5-7-14(13)22(10)18(26)17(25)19-16-11(2)20-21(12(16)3)9-15(23)24/h4-7,10H,8-9H2,1-3H3,(H,19,25)(H,23,24). The van der Waals surface area contributed by atoms with Crippen molar-refractivity contribution in [1.29, 1.82) is 0 Å². The van der Waals surface area contributed by atoms with E-state index >= 15 is 0 Å². The fourth-order valence-corrected chi connectivity index (χ4v) is 3.31. The van der Waals surface area contributed by atoms with Crippen molar-refractivity contribution in [2.75, 3.05) is 10.2 Å². The minimum Gasteiger partial charge on any atom is -0.480 e. The number of benzene rings is 1. The number of fused-ring (bicyclic) bond motifs is 1. The number of carboxylic acid groups (broad SMARTS) is 1. The van der Waals surface area contributed by atoms with Gasteiger partial charge in [0.2, 0.25) is 0 Å². The fraction of sp³-hybridized carbons (Fsp3) is 0.333. The number of carbonyl (C=O) groups is 3. The van der Waals surface area contributed by atoms with Crippen LogP contribution in [-0.4, -0.2) is 38.7 Å². The summed E-state index contributed by atoms with van der Waals surface area (Å²) in [6.45, 7) is 4.88. The Hall–Kier alpha value is -3.16. The first-order valence-electron chi connectivity index (χ1n) is 8.27. The molecule has 2 heterocycles. The van der Waals surface area contributed by atoms with Crippen molar-refractivity contribution in [2.45, 2.75) is 39.8 Å².